The first kappa shape index (κ1) is 13.7. The number of benzene rings is 1. The molecular weight excluding hydrogens is 243 g/mol. The van der Waals surface area contributed by atoms with Crippen molar-refractivity contribution in [3.05, 3.63) is 46.8 Å². The molecule has 2 rings (SSSR count). The van der Waals surface area contributed by atoms with Crippen molar-refractivity contribution in [2.45, 2.75) is 19.9 Å². The zero-order valence-corrected chi connectivity index (χ0v) is 11.5. The van der Waals surface area contributed by atoms with Crippen LogP contribution in [0.2, 0.25) is 0 Å². The SMILES string of the molecule is CC(C(=O)N(C)C(C)c1ccc(F)cc1)=C1CNC1. The van der Waals surface area contributed by atoms with Gasteiger partial charge < -0.3 is 10.2 Å². The molecule has 1 heterocycles. The van der Waals surface area contributed by atoms with Gasteiger partial charge in [-0.3, -0.25) is 4.79 Å². The van der Waals surface area contributed by atoms with Crippen LogP contribution >= 0.6 is 0 Å². The highest BCUT2D eigenvalue weighted by Gasteiger charge is 2.22. The van der Waals surface area contributed by atoms with Crippen molar-refractivity contribution in [1.29, 1.82) is 0 Å². The van der Waals surface area contributed by atoms with Gasteiger partial charge in [0.25, 0.3) is 0 Å². The van der Waals surface area contributed by atoms with Crippen LogP contribution in [0.15, 0.2) is 35.4 Å². The number of amides is 1. The summed E-state index contributed by atoms with van der Waals surface area (Å²) in [5.74, 6) is -0.225. The number of carbonyl (C=O) groups is 1. The topological polar surface area (TPSA) is 32.3 Å². The zero-order chi connectivity index (χ0) is 14.0. The van der Waals surface area contributed by atoms with Gasteiger partial charge in [0.2, 0.25) is 5.91 Å². The lowest BCUT2D eigenvalue weighted by Crippen LogP contribution is -2.38. The van der Waals surface area contributed by atoms with E-state index in [9.17, 15) is 9.18 Å². The molecule has 0 saturated carbocycles. The van der Waals surface area contributed by atoms with E-state index >= 15 is 0 Å². The summed E-state index contributed by atoms with van der Waals surface area (Å²) in [5.41, 5.74) is 2.92. The average Bonchev–Trinajstić information content (AvgIpc) is 2.35. The lowest BCUT2D eigenvalue weighted by Gasteiger charge is -2.28. The maximum absolute atomic E-state index is 12.9. The summed E-state index contributed by atoms with van der Waals surface area (Å²) < 4.78 is 12.9. The van der Waals surface area contributed by atoms with Crippen LogP contribution in [0.4, 0.5) is 4.39 Å². The summed E-state index contributed by atoms with van der Waals surface area (Å²) in [6.45, 7) is 5.42. The minimum Gasteiger partial charge on any atom is -0.335 e. The number of nitrogens with one attached hydrogen (secondary N) is 1. The summed E-state index contributed by atoms with van der Waals surface area (Å²) >= 11 is 0. The molecule has 0 aromatic heterocycles. The van der Waals surface area contributed by atoms with E-state index in [1.807, 2.05) is 13.8 Å². The Labute approximate surface area is 113 Å². The Morgan fingerprint density at radius 2 is 1.89 bits per heavy atom. The predicted molar refractivity (Wildman–Crippen MR) is 73.2 cm³/mol. The number of nitrogens with zero attached hydrogens (tertiary/aromatic N) is 1. The van der Waals surface area contributed by atoms with Crippen molar-refractivity contribution in [1.82, 2.24) is 10.2 Å². The van der Waals surface area contributed by atoms with Gasteiger partial charge in [-0.2, -0.15) is 0 Å². The maximum Gasteiger partial charge on any atom is 0.249 e. The van der Waals surface area contributed by atoms with Crippen LogP contribution < -0.4 is 5.32 Å². The number of halogens is 1. The first-order chi connectivity index (χ1) is 9.00. The van der Waals surface area contributed by atoms with Crippen LogP contribution in [0, 0.1) is 5.82 Å². The van der Waals surface area contributed by atoms with E-state index in [0.717, 1.165) is 24.2 Å². The Morgan fingerprint density at radius 1 is 1.32 bits per heavy atom. The minimum absolute atomic E-state index is 0.0355. The Hall–Kier alpha value is -1.68. The van der Waals surface area contributed by atoms with Gasteiger partial charge >= 0.3 is 0 Å². The van der Waals surface area contributed by atoms with Crippen molar-refractivity contribution >= 4 is 5.91 Å². The Balaban J connectivity index is 2.12. The van der Waals surface area contributed by atoms with Crippen LogP contribution in [-0.4, -0.2) is 30.9 Å². The standard InChI is InChI=1S/C15H19FN2O/c1-10(13-8-17-9-13)15(19)18(3)11(2)12-4-6-14(16)7-5-12/h4-7,11,17H,8-9H2,1-3H3. The summed E-state index contributed by atoms with van der Waals surface area (Å²) in [7, 11) is 1.78. The van der Waals surface area contributed by atoms with Crippen molar-refractivity contribution in [3.8, 4) is 0 Å². The largest absolute Gasteiger partial charge is 0.335 e. The quantitative estimate of drug-likeness (QED) is 0.847. The Kier molecular flexibility index (Phi) is 4.00. The van der Waals surface area contributed by atoms with Crippen molar-refractivity contribution in [2.75, 3.05) is 20.1 Å². The molecule has 1 fully saturated rings. The van der Waals surface area contributed by atoms with E-state index in [-0.39, 0.29) is 17.8 Å². The van der Waals surface area contributed by atoms with Gasteiger partial charge in [0.1, 0.15) is 5.82 Å². The molecule has 1 amide bonds. The Morgan fingerprint density at radius 3 is 2.37 bits per heavy atom. The summed E-state index contributed by atoms with van der Waals surface area (Å²) in [4.78, 5) is 14.0. The van der Waals surface area contributed by atoms with Gasteiger partial charge in [-0.05, 0) is 37.1 Å². The highest BCUT2D eigenvalue weighted by atomic mass is 19.1. The van der Waals surface area contributed by atoms with Crippen LogP contribution in [0.3, 0.4) is 0 Å². The van der Waals surface area contributed by atoms with Gasteiger partial charge in [0.05, 0.1) is 6.04 Å². The molecule has 0 aliphatic carbocycles. The molecule has 1 atom stereocenters. The van der Waals surface area contributed by atoms with Gasteiger partial charge in [0.15, 0.2) is 0 Å². The van der Waals surface area contributed by atoms with Crippen LogP contribution in [0.5, 0.6) is 0 Å². The average molecular weight is 262 g/mol. The molecule has 1 aromatic carbocycles. The molecule has 0 bridgehead atoms. The van der Waals surface area contributed by atoms with E-state index in [1.165, 1.54) is 17.7 Å². The van der Waals surface area contributed by atoms with Gasteiger partial charge in [-0.15, -0.1) is 0 Å². The molecule has 0 spiro atoms. The number of likely N-dealkylation sites (N-methyl/N-ethyl adjacent to an activating group) is 1. The molecule has 1 unspecified atom stereocenters. The maximum atomic E-state index is 12.9. The molecule has 1 aliphatic heterocycles. The fourth-order valence-electron chi connectivity index (χ4n) is 2.07. The van der Waals surface area contributed by atoms with Crippen molar-refractivity contribution < 1.29 is 9.18 Å². The molecule has 3 nitrogen and oxygen atoms in total. The molecule has 1 aliphatic rings. The Bertz CT molecular complexity index is 501. The number of hydrogen-bond acceptors (Lipinski definition) is 2. The first-order valence-electron chi connectivity index (χ1n) is 6.42. The second-order valence-electron chi connectivity index (χ2n) is 4.98. The van der Waals surface area contributed by atoms with Gasteiger partial charge in [-0.1, -0.05) is 12.1 Å². The van der Waals surface area contributed by atoms with E-state index in [1.54, 1.807) is 24.1 Å². The van der Waals surface area contributed by atoms with Crippen LogP contribution in [-0.2, 0) is 4.79 Å². The normalized spacial score (nSPS) is 15.7. The summed E-state index contributed by atoms with van der Waals surface area (Å²) in [6, 6.07) is 6.21. The van der Waals surface area contributed by atoms with Crippen molar-refractivity contribution in [3.63, 3.8) is 0 Å². The molecular formula is C15H19FN2O. The zero-order valence-electron chi connectivity index (χ0n) is 11.5. The molecule has 102 valence electrons. The molecule has 1 saturated heterocycles. The summed E-state index contributed by atoms with van der Waals surface area (Å²) in [6.07, 6.45) is 0. The third-order valence-electron chi connectivity index (χ3n) is 3.78. The van der Waals surface area contributed by atoms with E-state index in [2.05, 4.69) is 5.32 Å². The fourth-order valence-corrected chi connectivity index (χ4v) is 2.07. The number of carbonyl (C=O) groups excluding carboxylic acids is 1. The minimum atomic E-state index is -0.260. The highest BCUT2D eigenvalue weighted by molar-refractivity contribution is 5.94. The molecule has 1 aromatic rings. The lowest BCUT2D eigenvalue weighted by molar-refractivity contribution is -0.127. The van der Waals surface area contributed by atoms with Crippen molar-refractivity contribution in [2.24, 2.45) is 0 Å². The number of rotatable bonds is 3. The van der Waals surface area contributed by atoms with E-state index in [4.69, 9.17) is 0 Å². The second kappa shape index (κ2) is 5.53. The smallest absolute Gasteiger partial charge is 0.249 e. The summed E-state index contributed by atoms with van der Waals surface area (Å²) in [5, 5.41) is 3.13. The molecule has 0 radical (unpaired) electrons. The van der Waals surface area contributed by atoms with Crippen LogP contribution in [0.1, 0.15) is 25.5 Å². The first-order valence-corrected chi connectivity index (χ1v) is 6.42. The molecule has 19 heavy (non-hydrogen) atoms. The third kappa shape index (κ3) is 2.84. The van der Waals surface area contributed by atoms with Gasteiger partial charge in [-0.25, -0.2) is 4.39 Å². The lowest BCUT2D eigenvalue weighted by atomic mass is 10.0. The number of hydrogen-bond donors (Lipinski definition) is 1. The third-order valence-corrected chi connectivity index (χ3v) is 3.78. The van der Waals surface area contributed by atoms with Gasteiger partial charge in [0, 0.05) is 25.7 Å². The van der Waals surface area contributed by atoms with E-state index in [0.29, 0.717) is 0 Å². The molecule has 4 heteroatoms. The molecule has 1 N–H and O–H groups in total. The second-order valence-corrected chi connectivity index (χ2v) is 4.98. The fraction of sp³-hybridized carbons (Fsp3) is 0.400. The van der Waals surface area contributed by atoms with Crippen LogP contribution in [0.25, 0.3) is 0 Å². The monoisotopic (exact) mass is 262 g/mol. The van der Waals surface area contributed by atoms with E-state index < -0.39 is 0 Å². The highest BCUT2D eigenvalue weighted by Crippen LogP contribution is 2.22. The predicted octanol–water partition coefficient (Wildman–Crippen LogP) is 2.26.